The van der Waals surface area contributed by atoms with Crippen molar-refractivity contribution in [1.29, 1.82) is 0 Å². The van der Waals surface area contributed by atoms with E-state index in [1.54, 1.807) is 0 Å². The highest BCUT2D eigenvalue weighted by Gasteiger charge is 2.20. The molecule has 1 rings (SSSR count). The maximum absolute atomic E-state index is 12.1. The van der Waals surface area contributed by atoms with Gasteiger partial charge in [0.25, 0.3) is 5.56 Å². The standard InChI is InChI=1S/C12H21N3O4S/c1-4-5-6-7-8-13-20(18,19)10-9-14(2)12(17)15(3)11(10)16/h9,13H,4-8H2,1-3H3. The Morgan fingerprint density at radius 2 is 1.80 bits per heavy atom. The third kappa shape index (κ3) is 3.80. The molecular weight excluding hydrogens is 282 g/mol. The van der Waals surface area contributed by atoms with Crippen LogP contribution in [0.25, 0.3) is 0 Å². The van der Waals surface area contributed by atoms with Gasteiger partial charge in [-0.25, -0.2) is 17.9 Å². The second kappa shape index (κ2) is 6.85. The van der Waals surface area contributed by atoms with E-state index >= 15 is 0 Å². The van der Waals surface area contributed by atoms with Crippen molar-refractivity contribution in [2.45, 2.75) is 37.5 Å². The van der Waals surface area contributed by atoms with Crippen LogP contribution >= 0.6 is 0 Å². The first-order chi connectivity index (χ1) is 9.31. The predicted octanol–water partition coefficient (Wildman–Crippen LogP) is -0.0574. The summed E-state index contributed by atoms with van der Waals surface area (Å²) in [7, 11) is -1.22. The van der Waals surface area contributed by atoms with Crippen LogP contribution in [0.2, 0.25) is 0 Å². The lowest BCUT2D eigenvalue weighted by Gasteiger charge is -2.09. The molecule has 0 fully saturated rings. The van der Waals surface area contributed by atoms with Crippen molar-refractivity contribution < 1.29 is 8.42 Å². The average Bonchev–Trinajstić information content (AvgIpc) is 2.40. The van der Waals surface area contributed by atoms with Crippen LogP contribution in [0.1, 0.15) is 32.6 Å². The van der Waals surface area contributed by atoms with Crippen LogP contribution in [-0.2, 0) is 24.1 Å². The smallest absolute Gasteiger partial charge is 0.302 e. The Kier molecular flexibility index (Phi) is 5.70. The molecule has 0 amide bonds. The van der Waals surface area contributed by atoms with Gasteiger partial charge in [-0.3, -0.25) is 9.36 Å². The molecule has 0 bridgehead atoms. The summed E-state index contributed by atoms with van der Waals surface area (Å²) in [6, 6.07) is 0. The Labute approximate surface area is 118 Å². The van der Waals surface area contributed by atoms with Crippen molar-refractivity contribution in [3.63, 3.8) is 0 Å². The summed E-state index contributed by atoms with van der Waals surface area (Å²) in [5, 5.41) is 0. The van der Waals surface area contributed by atoms with E-state index in [0.717, 1.165) is 41.0 Å². The molecule has 20 heavy (non-hydrogen) atoms. The largest absolute Gasteiger partial charge is 0.330 e. The molecule has 0 spiro atoms. The summed E-state index contributed by atoms with van der Waals surface area (Å²) in [6.07, 6.45) is 4.82. The van der Waals surface area contributed by atoms with Gasteiger partial charge in [0.05, 0.1) is 0 Å². The molecule has 0 aliphatic rings. The van der Waals surface area contributed by atoms with Crippen LogP contribution in [0.15, 0.2) is 20.7 Å². The molecule has 1 aromatic rings. The molecule has 0 aliphatic heterocycles. The lowest BCUT2D eigenvalue weighted by molar-refractivity contribution is 0.564. The zero-order valence-electron chi connectivity index (χ0n) is 12.0. The van der Waals surface area contributed by atoms with Crippen molar-refractivity contribution >= 4 is 10.0 Å². The van der Waals surface area contributed by atoms with Gasteiger partial charge >= 0.3 is 5.69 Å². The molecule has 0 aliphatic carbocycles. The van der Waals surface area contributed by atoms with Crippen molar-refractivity contribution in [3.8, 4) is 0 Å². The second-order valence-electron chi connectivity index (χ2n) is 4.71. The summed E-state index contributed by atoms with van der Waals surface area (Å²) in [5.41, 5.74) is -1.37. The first-order valence-corrected chi connectivity index (χ1v) is 8.06. The zero-order chi connectivity index (χ0) is 15.3. The Bertz CT molecular complexity index is 673. The minimum Gasteiger partial charge on any atom is -0.302 e. The van der Waals surface area contributed by atoms with E-state index < -0.39 is 26.2 Å². The fourth-order valence-electron chi connectivity index (χ4n) is 1.80. The van der Waals surface area contributed by atoms with Gasteiger partial charge in [-0.05, 0) is 6.42 Å². The Morgan fingerprint density at radius 1 is 1.15 bits per heavy atom. The van der Waals surface area contributed by atoms with E-state index in [-0.39, 0.29) is 6.54 Å². The highest BCUT2D eigenvalue weighted by atomic mass is 32.2. The number of unbranched alkanes of at least 4 members (excludes halogenated alkanes) is 3. The van der Waals surface area contributed by atoms with Gasteiger partial charge in [0.1, 0.15) is 0 Å². The molecule has 1 N–H and O–H groups in total. The molecule has 1 aromatic heterocycles. The van der Waals surface area contributed by atoms with Crippen LogP contribution in [0.5, 0.6) is 0 Å². The molecule has 114 valence electrons. The van der Waals surface area contributed by atoms with E-state index in [9.17, 15) is 18.0 Å². The van der Waals surface area contributed by atoms with Crippen LogP contribution in [0.3, 0.4) is 0 Å². The van der Waals surface area contributed by atoms with Crippen LogP contribution in [0, 0.1) is 0 Å². The maximum atomic E-state index is 12.1. The number of nitrogens with zero attached hydrogens (tertiary/aromatic N) is 2. The van der Waals surface area contributed by atoms with E-state index in [1.165, 1.54) is 14.1 Å². The number of nitrogens with one attached hydrogen (secondary N) is 1. The monoisotopic (exact) mass is 303 g/mol. The van der Waals surface area contributed by atoms with Crippen molar-refractivity contribution in [2.24, 2.45) is 14.1 Å². The van der Waals surface area contributed by atoms with E-state index in [0.29, 0.717) is 0 Å². The Balaban J connectivity index is 2.94. The van der Waals surface area contributed by atoms with E-state index in [2.05, 4.69) is 11.6 Å². The number of hydrogen-bond donors (Lipinski definition) is 1. The summed E-state index contributed by atoms with van der Waals surface area (Å²) in [5.74, 6) is 0. The van der Waals surface area contributed by atoms with Crippen molar-refractivity contribution in [3.05, 3.63) is 27.0 Å². The fourth-order valence-corrected chi connectivity index (χ4v) is 3.03. The van der Waals surface area contributed by atoms with Gasteiger partial charge < -0.3 is 4.57 Å². The molecule has 0 atom stereocenters. The Morgan fingerprint density at radius 3 is 2.40 bits per heavy atom. The maximum Gasteiger partial charge on any atom is 0.330 e. The van der Waals surface area contributed by atoms with Gasteiger partial charge in [0.2, 0.25) is 10.0 Å². The molecule has 0 radical (unpaired) electrons. The summed E-state index contributed by atoms with van der Waals surface area (Å²) in [6.45, 7) is 2.35. The van der Waals surface area contributed by atoms with Crippen LogP contribution < -0.4 is 16.0 Å². The number of aromatic nitrogens is 2. The van der Waals surface area contributed by atoms with Crippen molar-refractivity contribution in [2.75, 3.05) is 6.54 Å². The summed E-state index contributed by atoms with van der Waals surface area (Å²) < 4.78 is 28.4. The lowest BCUT2D eigenvalue weighted by Crippen LogP contribution is -2.41. The van der Waals surface area contributed by atoms with Gasteiger partial charge in [0, 0.05) is 26.8 Å². The van der Waals surface area contributed by atoms with Gasteiger partial charge in [-0.15, -0.1) is 0 Å². The van der Waals surface area contributed by atoms with E-state index in [1.807, 2.05) is 0 Å². The van der Waals surface area contributed by atoms with Gasteiger partial charge in [-0.2, -0.15) is 0 Å². The minimum absolute atomic E-state index is 0.286. The molecule has 8 heteroatoms. The van der Waals surface area contributed by atoms with Gasteiger partial charge in [-0.1, -0.05) is 26.2 Å². The average molecular weight is 303 g/mol. The predicted molar refractivity (Wildman–Crippen MR) is 76.3 cm³/mol. The molecule has 7 nitrogen and oxygen atoms in total. The van der Waals surface area contributed by atoms with Crippen LogP contribution in [-0.4, -0.2) is 24.1 Å². The Hall–Kier alpha value is -1.41. The highest BCUT2D eigenvalue weighted by Crippen LogP contribution is 2.02. The minimum atomic E-state index is -3.88. The number of rotatable bonds is 7. The fraction of sp³-hybridized carbons (Fsp3) is 0.667. The normalized spacial score (nSPS) is 11.8. The number of sulfonamides is 1. The zero-order valence-corrected chi connectivity index (χ0v) is 12.9. The third-order valence-electron chi connectivity index (χ3n) is 3.03. The van der Waals surface area contributed by atoms with Gasteiger partial charge in [0.15, 0.2) is 4.90 Å². The lowest BCUT2D eigenvalue weighted by atomic mass is 10.2. The van der Waals surface area contributed by atoms with Crippen LogP contribution in [0.4, 0.5) is 0 Å². The topological polar surface area (TPSA) is 90.2 Å². The summed E-state index contributed by atoms with van der Waals surface area (Å²) >= 11 is 0. The molecule has 1 heterocycles. The molecule has 0 aromatic carbocycles. The quantitative estimate of drug-likeness (QED) is 0.715. The molecular formula is C12H21N3O4S. The van der Waals surface area contributed by atoms with Crippen molar-refractivity contribution in [1.82, 2.24) is 13.9 Å². The first kappa shape index (κ1) is 16.6. The number of aryl methyl sites for hydroxylation is 1. The molecule has 0 saturated heterocycles. The van der Waals surface area contributed by atoms with E-state index in [4.69, 9.17) is 0 Å². The first-order valence-electron chi connectivity index (χ1n) is 6.57. The number of hydrogen-bond acceptors (Lipinski definition) is 4. The molecule has 0 saturated carbocycles. The second-order valence-corrected chi connectivity index (χ2v) is 6.44. The molecule has 0 unspecified atom stereocenters. The third-order valence-corrected chi connectivity index (χ3v) is 4.47. The highest BCUT2D eigenvalue weighted by molar-refractivity contribution is 7.89. The SMILES string of the molecule is CCCCCCNS(=O)(=O)c1cn(C)c(=O)n(C)c1=O. The summed E-state index contributed by atoms with van der Waals surface area (Å²) in [4.78, 5) is 23.0.